The van der Waals surface area contributed by atoms with Crippen molar-refractivity contribution in [3.05, 3.63) is 86.3 Å². The highest BCUT2D eigenvalue weighted by atomic mass is 35.5. The molecule has 2 heterocycles. The van der Waals surface area contributed by atoms with Gasteiger partial charge in [-0.3, -0.25) is 9.59 Å². The number of thiophene rings is 1. The molecule has 0 radical (unpaired) electrons. The van der Waals surface area contributed by atoms with Gasteiger partial charge in [0, 0.05) is 27.6 Å². The van der Waals surface area contributed by atoms with Crippen LogP contribution in [0.4, 0.5) is 0 Å². The standard InChI is InChI=1S/C22H15ClO4S/c1-13-9-16(26-12-18(24)14-4-6-15(23)7-5-14)10-19-21(13)22(25)20(27-19)11-17-3-2-8-28-17/h2-11H,12H2,1H3/b20-11-. The van der Waals surface area contributed by atoms with Crippen molar-refractivity contribution in [1.29, 1.82) is 0 Å². The molecular weight excluding hydrogens is 396 g/mol. The number of carbonyl (C=O) groups excluding carboxylic acids is 2. The first kappa shape index (κ1) is 18.5. The Kier molecular flexibility index (Phi) is 5.03. The zero-order valence-corrected chi connectivity index (χ0v) is 16.5. The third kappa shape index (κ3) is 3.72. The molecule has 0 bridgehead atoms. The van der Waals surface area contributed by atoms with Gasteiger partial charge in [-0.15, -0.1) is 11.3 Å². The molecule has 4 nitrogen and oxygen atoms in total. The van der Waals surface area contributed by atoms with Crippen LogP contribution in [-0.2, 0) is 0 Å². The lowest BCUT2D eigenvalue weighted by molar-refractivity contribution is 0.0920. The Morgan fingerprint density at radius 3 is 2.71 bits per heavy atom. The van der Waals surface area contributed by atoms with Crippen molar-refractivity contribution >= 4 is 40.6 Å². The normalized spacial score (nSPS) is 14.1. The Labute approximate surface area is 171 Å². The fourth-order valence-corrected chi connectivity index (χ4v) is 3.70. The minimum Gasteiger partial charge on any atom is -0.485 e. The van der Waals surface area contributed by atoms with Crippen molar-refractivity contribution in [3.63, 3.8) is 0 Å². The Hall–Kier alpha value is -2.89. The van der Waals surface area contributed by atoms with Crippen LogP contribution in [-0.4, -0.2) is 18.2 Å². The first-order valence-corrected chi connectivity index (χ1v) is 9.81. The first-order valence-electron chi connectivity index (χ1n) is 8.55. The summed E-state index contributed by atoms with van der Waals surface area (Å²) in [5, 5.41) is 2.51. The van der Waals surface area contributed by atoms with Gasteiger partial charge in [-0.05, 0) is 54.3 Å². The SMILES string of the molecule is Cc1cc(OCC(=O)c2ccc(Cl)cc2)cc2c1C(=O)/C(=C/c1cccs1)O2. The van der Waals surface area contributed by atoms with Gasteiger partial charge in [0.2, 0.25) is 5.78 Å². The van der Waals surface area contributed by atoms with E-state index in [1.54, 1.807) is 42.5 Å². The molecule has 3 aromatic rings. The van der Waals surface area contributed by atoms with E-state index >= 15 is 0 Å². The lowest BCUT2D eigenvalue weighted by Crippen LogP contribution is -2.11. The van der Waals surface area contributed by atoms with E-state index in [0.717, 1.165) is 10.4 Å². The van der Waals surface area contributed by atoms with E-state index in [1.165, 1.54) is 11.3 Å². The third-order valence-corrected chi connectivity index (χ3v) is 5.37. The molecule has 0 saturated carbocycles. The number of rotatable bonds is 5. The fourth-order valence-electron chi connectivity index (χ4n) is 2.93. The number of ether oxygens (including phenoxy) is 2. The predicted octanol–water partition coefficient (Wildman–Crippen LogP) is 5.59. The van der Waals surface area contributed by atoms with Crippen LogP contribution < -0.4 is 9.47 Å². The Morgan fingerprint density at radius 2 is 2.00 bits per heavy atom. The molecule has 0 aliphatic carbocycles. The van der Waals surface area contributed by atoms with E-state index in [0.29, 0.717) is 27.6 Å². The summed E-state index contributed by atoms with van der Waals surface area (Å²) in [4.78, 5) is 25.9. The second-order valence-corrected chi connectivity index (χ2v) is 7.70. The number of fused-ring (bicyclic) bond motifs is 1. The number of hydrogen-bond donors (Lipinski definition) is 0. The van der Waals surface area contributed by atoms with Crippen LogP contribution in [0.1, 0.15) is 31.2 Å². The first-order chi connectivity index (χ1) is 13.5. The maximum Gasteiger partial charge on any atom is 0.232 e. The predicted molar refractivity (Wildman–Crippen MR) is 110 cm³/mol. The van der Waals surface area contributed by atoms with E-state index in [1.807, 2.05) is 24.4 Å². The van der Waals surface area contributed by atoms with Crippen LogP contribution in [0.25, 0.3) is 6.08 Å². The van der Waals surface area contributed by atoms with Crippen LogP contribution in [0.15, 0.2) is 59.7 Å². The van der Waals surface area contributed by atoms with E-state index in [2.05, 4.69) is 0 Å². The van der Waals surface area contributed by atoms with Crippen molar-refractivity contribution in [2.75, 3.05) is 6.61 Å². The van der Waals surface area contributed by atoms with Crippen molar-refractivity contribution in [3.8, 4) is 11.5 Å². The lowest BCUT2D eigenvalue weighted by atomic mass is 10.0. The zero-order chi connectivity index (χ0) is 19.7. The zero-order valence-electron chi connectivity index (χ0n) is 14.9. The van der Waals surface area contributed by atoms with Crippen LogP contribution in [0.2, 0.25) is 5.02 Å². The number of halogens is 1. The third-order valence-electron chi connectivity index (χ3n) is 4.30. The van der Waals surface area contributed by atoms with Crippen molar-refractivity contribution in [2.24, 2.45) is 0 Å². The van der Waals surface area contributed by atoms with Gasteiger partial charge in [0.25, 0.3) is 0 Å². The molecule has 140 valence electrons. The molecule has 0 spiro atoms. The second kappa shape index (κ2) is 7.62. The Balaban J connectivity index is 1.51. The Morgan fingerprint density at radius 1 is 1.21 bits per heavy atom. The molecule has 0 N–H and O–H groups in total. The highest BCUT2D eigenvalue weighted by Crippen LogP contribution is 2.37. The van der Waals surface area contributed by atoms with Gasteiger partial charge >= 0.3 is 0 Å². The van der Waals surface area contributed by atoms with Gasteiger partial charge in [-0.1, -0.05) is 17.7 Å². The smallest absolute Gasteiger partial charge is 0.232 e. The summed E-state index contributed by atoms with van der Waals surface area (Å²) in [7, 11) is 0. The molecular formula is C22H15ClO4S. The topological polar surface area (TPSA) is 52.6 Å². The minimum absolute atomic E-state index is 0.119. The summed E-state index contributed by atoms with van der Waals surface area (Å²) in [6.07, 6.45) is 1.73. The number of Topliss-reactive ketones (excluding diaryl/α,β-unsaturated/α-hetero) is 2. The number of benzene rings is 2. The van der Waals surface area contributed by atoms with Gasteiger partial charge < -0.3 is 9.47 Å². The molecule has 0 atom stereocenters. The quantitative estimate of drug-likeness (QED) is 0.406. The van der Waals surface area contributed by atoms with E-state index in [4.69, 9.17) is 21.1 Å². The van der Waals surface area contributed by atoms with Crippen molar-refractivity contribution in [2.45, 2.75) is 6.92 Å². The van der Waals surface area contributed by atoms with E-state index < -0.39 is 0 Å². The van der Waals surface area contributed by atoms with Crippen LogP contribution in [0, 0.1) is 6.92 Å². The number of hydrogen-bond acceptors (Lipinski definition) is 5. The minimum atomic E-state index is -0.162. The molecule has 0 amide bonds. The van der Waals surface area contributed by atoms with Gasteiger partial charge in [0.15, 0.2) is 18.1 Å². The highest BCUT2D eigenvalue weighted by molar-refractivity contribution is 7.10. The molecule has 0 saturated heterocycles. The maximum absolute atomic E-state index is 12.6. The molecule has 1 aromatic heterocycles. The van der Waals surface area contributed by atoms with Gasteiger partial charge in [0.1, 0.15) is 11.5 Å². The molecule has 1 aliphatic rings. The summed E-state index contributed by atoms with van der Waals surface area (Å²) >= 11 is 7.37. The van der Waals surface area contributed by atoms with E-state index in [9.17, 15) is 9.59 Å². The number of allylic oxidation sites excluding steroid dienone is 1. The van der Waals surface area contributed by atoms with Crippen molar-refractivity contribution in [1.82, 2.24) is 0 Å². The van der Waals surface area contributed by atoms with Crippen LogP contribution >= 0.6 is 22.9 Å². The molecule has 6 heteroatoms. The fraction of sp³-hybridized carbons (Fsp3) is 0.0909. The van der Waals surface area contributed by atoms with Gasteiger partial charge in [-0.25, -0.2) is 0 Å². The second-order valence-electron chi connectivity index (χ2n) is 6.29. The monoisotopic (exact) mass is 410 g/mol. The van der Waals surface area contributed by atoms with Crippen molar-refractivity contribution < 1.29 is 19.1 Å². The lowest BCUT2D eigenvalue weighted by Gasteiger charge is -2.09. The molecule has 1 aliphatic heterocycles. The summed E-state index contributed by atoms with van der Waals surface area (Å²) in [6.45, 7) is 1.70. The molecule has 4 rings (SSSR count). The average molecular weight is 411 g/mol. The number of ketones is 2. The number of carbonyl (C=O) groups is 2. The van der Waals surface area contributed by atoms with Crippen LogP contribution in [0.3, 0.4) is 0 Å². The maximum atomic E-state index is 12.6. The average Bonchev–Trinajstić information content (AvgIpc) is 3.29. The summed E-state index contributed by atoms with van der Waals surface area (Å²) < 4.78 is 11.4. The largest absolute Gasteiger partial charge is 0.485 e. The molecule has 28 heavy (non-hydrogen) atoms. The van der Waals surface area contributed by atoms with E-state index in [-0.39, 0.29) is 23.9 Å². The van der Waals surface area contributed by atoms with Gasteiger partial charge in [0.05, 0.1) is 5.56 Å². The molecule has 0 unspecified atom stereocenters. The molecule has 0 fully saturated rings. The summed E-state index contributed by atoms with van der Waals surface area (Å²) in [5.41, 5.74) is 1.79. The van der Waals surface area contributed by atoms with Crippen LogP contribution in [0.5, 0.6) is 11.5 Å². The summed E-state index contributed by atoms with van der Waals surface area (Å²) in [5.74, 6) is 0.898. The Bertz CT molecular complexity index is 1080. The highest BCUT2D eigenvalue weighted by Gasteiger charge is 2.30. The molecule has 2 aromatic carbocycles. The summed E-state index contributed by atoms with van der Waals surface area (Å²) in [6, 6.07) is 13.9. The number of aryl methyl sites for hydroxylation is 1. The van der Waals surface area contributed by atoms with Gasteiger partial charge in [-0.2, -0.15) is 0 Å².